The molecule has 3 nitrogen and oxygen atoms in total. The van der Waals surface area contributed by atoms with Crippen LogP contribution in [0.2, 0.25) is 0 Å². The minimum Gasteiger partial charge on any atom is -0.454 e. The van der Waals surface area contributed by atoms with Crippen LogP contribution in [0.15, 0.2) is 40.9 Å². The largest absolute Gasteiger partial charge is 0.454 e. The molecule has 0 amide bonds. The van der Waals surface area contributed by atoms with Crippen molar-refractivity contribution >= 4 is 15.9 Å². The molecule has 0 aliphatic carbocycles. The topological polar surface area (TPSA) is 45.0 Å². The third-order valence-corrected chi connectivity index (χ3v) is 3.50. The average Bonchev–Trinajstić information content (AvgIpc) is 2.46. The number of hydrogen-bond acceptors (Lipinski definition) is 3. The van der Waals surface area contributed by atoms with Crippen LogP contribution in [0.5, 0.6) is 11.5 Å². The van der Waals surface area contributed by atoms with E-state index in [4.69, 9.17) is 10.00 Å². The lowest BCUT2D eigenvalue weighted by atomic mass is 10.2. The molecule has 5 heteroatoms. The Morgan fingerprint density at radius 3 is 2.70 bits per heavy atom. The molecule has 0 spiro atoms. The maximum absolute atomic E-state index is 14.1. The SMILES string of the molecule is CNCc1ccccc1Oc1ccc(C#N)c(Br)c1F. The number of nitrogens with one attached hydrogen (secondary N) is 1. The first-order valence-corrected chi connectivity index (χ1v) is 6.75. The summed E-state index contributed by atoms with van der Waals surface area (Å²) in [4.78, 5) is 0. The third kappa shape index (κ3) is 2.98. The highest BCUT2D eigenvalue weighted by Crippen LogP contribution is 2.32. The van der Waals surface area contributed by atoms with Crippen LogP contribution in [0, 0.1) is 17.1 Å². The third-order valence-electron chi connectivity index (χ3n) is 2.73. The molecule has 0 atom stereocenters. The normalized spacial score (nSPS) is 10.1. The van der Waals surface area contributed by atoms with E-state index in [1.54, 1.807) is 6.07 Å². The number of ether oxygens (including phenoxy) is 1. The van der Waals surface area contributed by atoms with Gasteiger partial charge in [-0.2, -0.15) is 5.26 Å². The summed E-state index contributed by atoms with van der Waals surface area (Å²) < 4.78 is 19.8. The van der Waals surface area contributed by atoms with E-state index in [0.29, 0.717) is 12.3 Å². The Morgan fingerprint density at radius 2 is 2.00 bits per heavy atom. The molecule has 0 saturated carbocycles. The summed E-state index contributed by atoms with van der Waals surface area (Å²) in [5, 5.41) is 11.9. The van der Waals surface area contributed by atoms with Crippen molar-refractivity contribution in [1.29, 1.82) is 5.26 Å². The van der Waals surface area contributed by atoms with Crippen LogP contribution in [0.25, 0.3) is 0 Å². The second-order valence-electron chi connectivity index (χ2n) is 4.09. The van der Waals surface area contributed by atoms with Crippen molar-refractivity contribution in [1.82, 2.24) is 5.32 Å². The minimum absolute atomic E-state index is 0.0828. The zero-order valence-electron chi connectivity index (χ0n) is 10.8. The Kier molecular flexibility index (Phi) is 4.72. The van der Waals surface area contributed by atoms with Crippen molar-refractivity contribution in [2.75, 3.05) is 7.05 Å². The smallest absolute Gasteiger partial charge is 0.181 e. The quantitative estimate of drug-likeness (QED) is 0.919. The summed E-state index contributed by atoms with van der Waals surface area (Å²) in [6.45, 7) is 0.620. The fraction of sp³-hybridized carbons (Fsp3) is 0.133. The molecule has 0 radical (unpaired) electrons. The minimum atomic E-state index is -0.580. The predicted molar refractivity (Wildman–Crippen MR) is 78.1 cm³/mol. The Hall–Kier alpha value is -1.90. The average molecular weight is 335 g/mol. The van der Waals surface area contributed by atoms with E-state index in [-0.39, 0.29) is 15.8 Å². The van der Waals surface area contributed by atoms with Crippen molar-refractivity contribution in [2.24, 2.45) is 0 Å². The van der Waals surface area contributed by atoms with Gasteiger partial charge in [-0.3, -0.25) is 0 Å². The Labute approximate surface area is 125 Å². The van der Waals surface area contributed by atoms with Gasteiger partial charge in [-0.15, -0.1) is 0 Å². The molecule has 0 aromatic heterocycles. The molecule has 0 fully saturated rings. The van der Waals surface area contributed by atoms with E-state index in [1.807, 2.05) is 31.3 Å². The summed E-state index contributed by atoms with van der Waals surface area (Å²) in [6.07, 6.45) is 0. The van der Waals surface area contributed by atoms with Gasteiger partial charge in [0.15, 0.2) is 11.6 Å². The molecule has 0 bridgehead atoms. The maximum atomic E-state index is 14.1. The number of halogens is 2. The predicted octanol–water partition coefficient (Wildman–Crippen LogP) is 3.97. The number of para-hydroxylation sites is 1. The van der Waals surface area contributed by atoms with E-state index in [1.165, 1.54) is 12.1 Å². The van der Waals surface area contributed by atoms with Crippen LogP contribution in [-0.2, 0) is 6.54 Å². The molecule has 0 aliphatic rings. The van der Waals surface area contributed by atoms with Crippen molar-refractivity contribution in [3.05, 3.63) is 57.8 Å². The molecule has 102 valence electrons. The lowest BCUT2D eigenvalue weighted by Gasteiger charge is -2.12. The molecule has 1 N–H and O–H groups in total. The molecule has 0 aliphatic heterocycles. The van der Waals surface area contributed by atoms with E-state index in [0.717, 1.165) is 5.56 Å². The molecule has 0 unspecified atom stereocenters. The Morgan fingerprint density at radius 1 is 1.25 bits per heavy atom. The molecule has 20 heavy (non-hydrogen) atoms. The number of nitriles is 1. The summed E-state index contributed by atoms with van der Waals surface area (Å²) >= 11 is 3.06. The van der Waals surface area contributed by atoms with Gasteiger partial charge >= 0.3 is 0 Å². The van der Waals surface area contributed by atoms with E-state index < -0.39 is 5.82 Å². The first-order valence-electron chi connectivity index (χ1n) is 5.95. The van der Waals surface area contributed by atoms with Gasteiger partial charge in [0.25, 0.3) is 0 Å². The number of benzene rings is 2. The van der Waals surface area contributed by atoms with Gasteiger partial charge in [0.2, 0.25) is 0 Å². The molecular formula is C15H12BrFN2O. The van der Waals surface area contributed by atoms with Gasteiger partial charge < -0.3 is 10.1 Å². The van der Waals surface area contributed by atoms with Crippen molar-refractivity contribution < 1.29 is 9.13 Å². The van der Waals surface area contributed by atoms with Gasteiger partial charge in [0.05, 0.1) is 10.0 Å². The fourth-order valence-corrected chi connectivity index (χ4v) is 2.17. The van der Waals surface area contributed by atoms with E-state index in [9.17, 15) is 4.39 Å². The molecule has 0 saturated heterocycles. The van der Waals surface area contributed by atoms with Gasteiger partial charge in [0.1, 0.15) is 11.8 Å². The molecule has 2 rings (SSSR count). The summed E-state index contributed by atoms with van der Waals surface area (Å²) in [5.74, 6) is 0.0834. The molecule has 2 aromatic rings. The van der Waals surface area contributed by atoms with Crippen LogP contribution in [0.4, 0.5) is 4.39 Å². The van der Waals surface area contributed by atoms with Crippen molar-refractivity contribution in [2.45, 2.75) is 6.54 Å². The van der Waals surface area contributed by atoms with Gasteiger partial charge in [0, 0.05) is 12.1 Å². The lowest BCUT2D eigenvalue weighted by Crippen LogP contribution is -2.06. The number of hydrogen-bond donors (Lipinski definition) is 1. The van der Waals surface area contributed by atoms with Crippen LogP contribution < -0.4 is 10.1 Å². The molecular weight excluding hydrogens is 323 g/mol. The number of nitrogens with zero attached hydrogens (tertiary/aromatic N) is 1. The lowest BCUT2D eigenvalue weighted by molar-refractivity contribution is 0.434. The first-order chi connectivity index (χ1) is 9.67. The molecule has 2 aromatic carbocycles. The summed E-state index contributed by atoms with van der Waals surface area (Å²) in [6, 6.07) is 12.3. The molecule has 0 heterocycles. The van der Waals surface area contributed by atoms with Crippen molar-refractivity contribution in [3.63, 3.8) is 0 Å². The zero-order valence-corrected chi connectivity index (χ0v) is 12.4. The van der Waals surface area contributed by atoms with Gasteiger partial charge in [-0.1, -0.05) is 18.2 Å². The second kappa shape index (κ2) is 6.51. The first kappa shape index (κ1) is 14.5. The van der Waals surface area contributed by atoms with E-state index >= 15 is 0 Å². The highest BCUT2D eigenvalue weighted by Gasteiger charge is 2.14. The van der Waals surface area contributed by atoms with Crippen LogP contribution in [0.3, 0.4) is 0 Å². The number of rotatable bonds is 4. The Balaban J connectivity index is 2.36. The van der Waals surface area contributed by atoms with Gasteiger partial charge in [-0.25, -0.2) is 4.39 Å². The van der Waals surface area contributed by atoms with E-state index in [2.05, 4.69) is 21.2 Å². The maximum Gasteiger partial charge on any atom is 0.181 e. The summed E-state index contributed by atoms with van der Waals surface area (Å²) in [5.41, 5.74) is 1.16. The standard InChI is InChI=1S/C15H12BrFN2O/c1-19-9-11-4-2-3-5-12(11)20-13-7-6-10(8-18)14(16)15(13)17/h2-7,19H,9H2,1H3. The Bertz CT molecular complexity index is 667. The highest BCUT2D eigenvalue weighted by molar-refractivity contribution is 9.10. The zero-order chi connectivity index (χ0) is 14.5. The van der Waals surface area contributed by atoms with Crippen LogP contribution in [0.1, 0.15) is 11.1 Å². The summed E-state index contributed by atoms with van der Waals surface area (Å²) in [7, 11) is 1.83. The highest BCUT2D eigenvalue weighted by atomic mass is 79.9. The fourth-order valence-electron chi connectivity index (χ4n) is 1.76. The monoisotopic (exact) mass is 334 g/mol. The van der Waals surface area contributed by atoms with Gasteiger partial charge in [-0.05, 0) is 41.2 Å². The second-order valence-corrected chi connectivity index (χ2v) is 4.88. The van der Waals surface area contributed by atoms with Crippen LogP contribution in [-0.4, -0.2) is 7.05 Å². The van der Waals surface area contributed by atoms with Crippen LogP contribution >= 0.6 is 15.9 Å². The van der Waals surface area contributed by atoms with Crippen molar-refractivity contribution in [3.8, 4) is 17.6 Å².